The van der Waals surface area contributed by atoms with Gasteiger partial charge >= 0.3 is 5.97 Å². The molecule has 0 fully saturated rings. The van der Waals surface area contributed by atoms with Gasteiger partial charge < -0.3 is 4.74 Å². The smallest absolute Gasteiger partial charge is 0.310 e. The number of ether oxygens (including phenoxy) is 1. The van der Waals surface area contributed by atoms with E-state index >= 15 is 0 Å². The van der Waals surface area contributed by atoms with E-state index in [0.29, 0.717) is 11.6 Å². The number of rotatable bonds is 6. The third kappa shape index (κ3) is 4.93. The zero-order valence-electron chi connectivity index (χ0n) is 15.0. The van der Waals surface area contributed by atoms with Gasteiger partial charge in [-0.05, 0) is 23.6 Å². The fourth-order valence-electron chi connectivity index (χ4n) is 2.57. The van der Waals surface area contributed by atoms with Gasteiger partial charge in [-0.3, -0.25) is 4.79 Å². The molecular formula is C21H19ClFNO2S. The van der Waals surface area contributed by atoms with Crippen LogP contribution < -0.4 is 0 Å². The average molecular weight is 404 g/mol. The standard InChI is InChI=1S/C21H19ClFNO2S/c1-13(2)14-6-8-15(9-7-14)21-24-16(12-27-21)11-26-20(25)10-17-18(22)4-3-5-19(17)23/h3-9,12-13H,10-11H2,1-2H3. The summed E-state index contributed by atoms with van der Waals surface area (Å²) >= 11 is 7.43. The molecule has 0 radical (unpaired) electrons. The van der Waals surface area contributed by atoms with Gasteiger partial charge in [0.1, 0.15) is 17.4 Å². The van der Waals surface area contributed by atoms with E-state index in [1.165, 1.54) is 29.0 Å². The predicted octanol–water partition coefficient (Wildman–Crippen LogP) is 6.01. The van der Waals surface area contributed by atoms with Gasteiger partial charge in [-0.15, -0.1) is 11.3 Å². The Balaban J connectivity index is 1.60. The van der Waals surface area contributed by atoms with Crippen molar-refractivity contribution in [3.63, 3.8) is 0 Å². The van der Waals surface area contributed by atoms with Crippen LogP contribution in [-0.2, 0) is 22.6 Å². The van der Waals surface area contributed by atoms with Crippen LogP contribution >= 0.6 is 22.9 Å². The van der Waals surface area contributed by atoms with E-state index < -0.39 is 11.8 Å². The molecule has 3 rings (SSSR count). The summed E-state index contributed by atoms with van der Waals surface area (Å²) in [5.41, 5.74) is 3.11. The number of halogens is 2. The molecule has 140 valence electrons. The maximum Gasteiger partial charge on any atom is 0.310 e. The van der Waals surface area contributed by atoms with Gasteiger partial charge in [-0.2, -0.15) is 0 Å². The van der Waals surface area contributed by atoms with Gasteiger partial charge in [0.25, 0.3) is 0 Å². The Hall–Kier alpha value is -2.24. The average Bonchev–Trinajstić information content (AvgIpc) is 3.12. The van der Waals surface area contributed by atoms with Crippen molar-refractivity contribution in [2.75, 3.05) is 0 Å². The number of benzene rings is 2. The largest absolute Gasteiger partial charge is 0.459 e. The van der Waals surface area contributed by atoms with Crippen LogP contribution in [0.5, 0.6) is 0 Å². The van der Waals surface area contributed by atoms with Gasteiger partial charge in [-0.25, -0.2) is 9.37 Å². The van der Waals surface area contributed by atoms with Crippen molar-refractivity contribution < 1.29 is 13.9 Å². The van der Waals surface area contributed by atoms with Crippen LogP contribution in [0.2, 0.25) is 5.02 Å². The third-order valence-corrected chi connectivity index (χ3v) is 5.43. The second-order valence-electron chi connectivity index (χ2n) is 6.46. The molecule has 0 aliphatic heterocycles. The molecule has 1 aromatic heterocycles. The molecule has 0 bridgehead atoms. The first kappa shape index (κ1) is 19.5. The summed E-state index contributed by atoms with van der Waals surface area (Å²) in [5.74, 6) is -0.577. The van der Waals surface area contributed by atoms with Crippen LogP contribution in [0, 0.1) is 5.82 Å². The molecule has 0 unspecified atom stereocenters. The molecule has 0 amide bonds. The van der Waals surface area contributed by atoms with Crippen molar-refractivity contribution in [3.05, 3.63) is 75.5 Å². The van der Waals surface area contributed by atoms with Crippen LogP contribution in [0.4, 0.5) is 4.39 Å². The molecule has 0 aliphatic rings. The SMILES string of the molecule is CC(C)c1ccc(-c2nc(COC(=O)Cc3c(F)cccc3Cl)cs2)cc1. The Morgan fingerprint density at radius 1 is 1.22 bits per heavy atom. The zero-order valence-corrected chi connectivity index (χ0v) is 16.6. The van der Waals surface area contributed by atoms with E-state index in [1.807, 2.05) is 17.5 Å². The Labute approximate surface area is 166 Å². The van der Waals surface area contributed by atoms with Crippen molar-refractivity contribution in [2.45, 2.75) is 32.8 Å². The first-order valence-electron chi connectivity index (χ1n) is 8.57. The first-order valence-corrected chi connectivity index (χ1v) is 9.83. The highest BCUT2D eigenvalue weighted by molar-refractivity contribution is 7.13. The minimum absolute atomic E-state index is 0.0471. The van der Waals surface area contributed by atoms with Crippen molar-refractivity contribution in [1.82, 2.24) is 4.98 Å². The summed E-state index contributed by atoms with van der Waals surface area (Å²) in [7, 11) is 0. The molecule has 3 nitrogen and oxygen atoms in total. The zero-order chi connectivity index (χ0) is 19.4. The normalized spacial score (nSPS) is 11.0. The molecule has 27 heavy (non-hydrogen) atoms. The fourth-order valence-corrected chi connectivity index (χ4v) is 3.61. The summed E-state index contributed by atoms with van der Waals surface area (Å²) in [6.07, 6.45) is -0.209. The quantitative estimate of drug-likeness (QED) is 0.473. The third-order valence-electron chi connectivity index (χ3n) is 4.14. The molecule has 0 spiro atoms. The Morgan fingerprint density at radius 2 is 1.96 bits per heavy atom. The fraction of sp³-hybridized carbons (Fsp3) is 0.238. The van der Waals surface area contributed by atoms with E-state index in [1.54, 1.807) is 6.07 Å². The summed E-state index contributed by atoms with van der Waals surface area (Å²) in [5, 5.41) is 2.94. The van der Waals surface area contributed by atoms with E-state index in [2.05, 4.69) is 31.0 Å². The van der Waals surface area contributed by atoms with E-state index in [-0.39, 0.29) is 23.6 Å². The van der Waals surface area contributed by atoms with Crippen molar-refractivity contribution in [1.29, 1.82) is 0 Å². The van der Waals surface area contributed by atoms with Crippen LogP contribution in [0.25, 0.3) is 10.6 Å². The van der Waals surface area contributed by atoms with Crippen LogP contribution in [0.15, 0.2) is 47.8 Å². The minimum atomic E-state index is -0.544. The predicted molar refractivity (Wildman–Crippen MR) is 107 cm³/mol. The highest BCUT2D eigenvalue weighted by atomic mass is 35.5. The Kier molecular flexibility index (Phi) is 6.24. The van der Waals surface area contributed by atoms with Crippen molar-refractivity contribution in [3.8, 4) is 10.6 Å². The van der Waals surface area contributed by atoms with E-state index in [9.17, 15) is 9.18 Å². The summed E-state index contributed by atoms with van der Waals surface area (Å²) in [4.78, 5) is 16.5. The molecule has 0 saturated heterocycles. The number of thiazole rings is 1. The lowest BCUT2D eigenvalue weighted by atomic mass is 10.0. The highest BCUT2D eigenvalue weighted by Gasteiger charge is 2.14. The molecule has 0 N–H and O–H groups in total. The number of hydrogen-bond donors (Lipinski definition) is 0. The minimum Gasteiger partial charge on any atom is -0.459 e. The van der Waals surface area contributed by atoms with Gasteiger partial charge in [0, 0.05) is 21.5 Å². The van der Waals surface area contributed by atoms with Gasteiger partial charge in [-0.1, -0.05) is 55.8 Å². The topological polar surface area (TPSA) is 39.2 Å². The summed E-state index contributed by atoms with van der Waals surface area (Å²) < 4.78 is 19.0. The molecule has 0 atom stereocenters. The van der Waals surface area contributed by atoms with Gasteiger partial charge in [0.2, 0.25) is 0 Å². The lowest BCUT2D eigenvalue weighted by molar-refractivity contribution is -0.144. The highest BCUT2D eigenvalue weighted by Crippen LogP contribution is 2.26. The van der Waals surface area contributed by atoms with Gasteiger partial charge in [0.15, 0.2) is 0 Å². The first-order chi connectivity index (χ1) is 12.9. The monoisotopic (exact) mass is 403 g/mol. The summed E-state index contributed by atoms with van der Waals surface area (Å²) in [6.45, 7) is 4.35. The number of carbonyl (C=O) groups is 1. The molecule has 0 aliphatic carbocycles. The Bertz CT molecular complexity index is 917. The Morgan fingerprint density at radius 3 is 2.63 bits per heavy atom. The lowest BCUT2D eigenvalue weighted by Crippen LogP contribution is -2.09. The molecule has 0 saturated carbocycles. The molecule has 1 heterocycles. The number of aromatic nitrogens is 1. The maximum absolute atomic E-state index is 13.7. The lowest BCUT2D eigenvalue weighted by Gasteiger charge is -2.06. The second kappa shape index (κ2) is 8.63. The molecule has 2 aromatic carbocycles. The van der Waals surface area contributed by atoms with Crippen LogP contribution in [0.1, 0.15) is 36.6 Å². The molecule has 3 aromatic rings. The van der Waals surface area contributed by atoms with Crippen molar-refractivity contribution >= 4 is 28.9 Å². The maximum atomic E-state index is 13.7. The number of hydrogen-bond acceptors (Lipinski definition) is 4. The van der Waals surface area contributed by atoms with Crippen LogP contribution in [-0.4, -0.2) is 11.0 Å². The number of carbonyl (C=O) groups excluding carboxylic acids is 1. The summed E-state index contributed by atoms with van der Waals surface area (Å²) in [6, 6.07) is 12.6. The molecule has 6 heteroatoms. The van der Waals surface area contributed by atoms with Crippen LogP contribution in [0.3, 0.4) is 0 Å². The van der Waals surface area contributed by atoms with E-state index in [0.717, 1.165) is 10.6 Å². The molecular weight excluding hydrogens is 385 g/mol. The van der Waals surface area contributed by atoms with Gasteiger partial charge in [0.05, 0.1) is 12.1 Å². The van der Waals surface area contributed by atoms with Crippen molar-refractivity contribution in [2.24, 2.45) is 0 Å². The van der Waals surface area contributed by atoms with E-state index in [4.69, 9.17) is 16.3 Å². The second-order valence-corrected chi connectivity index (χ2v) is 7.72. The number of esters is 1. The number of nitrogens with zero attached hydrogens (tertiary/aromatic N) is 1.